The minimum atomic E-state index is -0.302. The fourth-order valence-electron chi connectivity index (χ4n) is 2.70. The summed E-state index contributed by atoms with van der Waals surface area (Å²) in [7, 11) is 0. The molecular formula is C14H21N3O2. The van der Waals surface area contributed by atoms with Gasteiger partial charge in [-0.25, -0.2) is 0 Å². The lowest BCUT2D eigenvalue weighted by Crippen LogP contribution is -2.39. The summed E-state index contributed by atoms with van der Waals surface area (Å²) in [5.74, 6) is 0.585. The van der Waals surface area contributed by atoms with Crippen LogP contribution in [0.4, 0.5) is 5.69 Å². The highest BCUT2D eigenvalue weighted by Gasteiger charge is 2.23. The molecule has 0 bridgehead atoms. The lowest BCUT2D eigenvalue weighted by molar-refractivity contribution is -0.385. The minimum Gasteiger partial charge on any atom is -0.328 e. The monoisotopic (exact) mass is 263 g/mol. The summed E-state index contributed by atoms with van der Waals surface area (Å²) in [5, 5.41) is 11.0. The van der Waals surface area contributed by atoms with E-state index in [1.54, 1.807) is 12.1 Å². The van der Waals surface area contributed by atoms with Gasteiger partial charge in [0.1, 0.15) is 0 Å². The Hall–Kier alpha value is -1.46. The van der Waals surface area contributed by atoms with E-state index in [1.807, 2.05) is 12.1 Å². The number of nitro benzene ring substituents is 1. The summed E-state index contributed by atoms with van der Waals surface area (Å²) in [4.78, 5) is 13.0. The van der Waals surface area contributed by atoms with Gasteiger partial charge in [-0.2, -0.15) is 0 Å². The highest BCUT2D eigenvalue weighted by molar-refractivity contribution is 5.39. The molecule has 0 amide bonds. The van der Waals surface area contributed by atoms with Crippen molar-refractivity contribution in [1.82, 2.24) is 4.90 Å². The van der Waals surface area contributed by atoms with Gasteiger partial charge in [0, 0.05) is 24.2 Å². The number of likely N-dealkylation sites (tertiary alicyclic amines) is 1. The van der Waals surface area contributed by atoms with E-state index in [4.69, 9.17) is 5.73 Å². The largest absolute Gasteiger partial charge is 0.328 e. The van der Waals surface area contributed by atoms with Crippen LogP contribution in [0.3, 0.4) is 0 Å². The molecule has 1 aromatic rings. The van der Waals surface area contributed by atoms with E-state index < -0.39 is 0 Å². The Morgan fingerprint density at radius 3 is 2.63 bits per heavy atom. The summed E-state index contributed by atoms with van der Waals surface area (Å²) < 4.78 is 0. The van der Waals surface area contributed by atoms with Crippen LogP contribution in [0.5, 0.6) is 0 Å². The number of piperidine rings is 1. The predicted molar refractivity (Wildman–Crippen MR) is 74.7 cm³/mol. The molecule has 1 aliphatic rings. The highest BCUT2D eigenvalue weighted by atomic mass is 16.6. The van der Waals surface area contributed by atoms with Gasteiger partial charge >= 0.3 is 0 Å². The molecule has 0 radical (unpaired) electrons. The van der Waals surface area contributed by atoms with Crippen LogP contribution in [0.1, 0.15) is 25.3 Å². The van der Waals surface area contributed by atoms with Crippen LogP contribution in [-0.4, -0.2) is 29.0 Å². The smallest absolute Gasteiger partial charge is 0.273 e. The third-order valence-electron chi connectivity index (χ3n) is 3.96. The summed E-state index contributed by atoms with van der Waals surface area (Å²) in [6.07, 6.45) is 2.16. The molecule has 0 spiro atoms. The molecule has 104 valence electrons. The van der Waals surface area contributed by atoms with Crippen molar-refractivity contribution in [3.05, 3.63) is 39.9 Å². The minimum absolute atomic E-state index is 0.219. The van der Waals surface area contributed by atoms with Gasteiger partial charge in [0.25, 0.3) is 5.69 Å². The quantitative estimate of drug-likeness (QED) is 0.667. The molecule has 1 unspecified atom stereocenters. The number of rotatable bonds is 4. The van der Waals surface area contributed by atoms with Crippen molar-refractivity contribution >= 4 is 5.69 Å². The van der Waals surface area contributed by atoms with Gasteiger partial charge in [-0.3, -0.25) is 15.0 Å². The van der Waals surface area contributed by atoms with Crippen molar-refractivity contribution in [3.8, 4) is 0 Å². The summed E-state index contributed by atoms with van der Waals surface area (Å²) in [6, 6.07) is 7.23. The highest BCUT2D eigenvalue weighted by Crippen LogP contribution is 2.24. The van der Waals surface area contributed by atoms with Gasteiger partial charge in [0.15, 0.2) is 0 Å². The summed E-state index contributed by atoms with van der Waals surface area (Å²) in [6.45, 7) is 4.65. The van der Waals surface area contributed by atoms with Crippen LogP contribution in [-0.2, 0) is 6.54 Å². The number of nitro groups is 1. The second-order valence-electron chi connectivity index (χ2n) is 5.36. The van der Waals surface area contributed by atoms with Crippen LogP contribution >= 0.6 is 0 Å². The van der Waals surface area contributed by atoms with E-state index in [1.165, 1.54) is 0 Å². The molecule has 5 heteroatoms. The Bertz CT molecular complexity index is 440. The fraction of sp³-hybridized carbons (Fsp3) is 0.571. The van der Waals surface area contributed by atoms with Gasteiger partial charge in [-0.05, 0) is 38.8 Å². The number of nitrogens with two attached hydrogens (primary N) is 1. The first-order valence-corrected chi connectivity index (χ1v) is 6.78. The van der Waals surface area contributed by atoms with Gasteiger partial charge in [0.2, 0.25) is 0 Å². The lowest BCUT2D eigenvalue weighted by atomic mass is 9.91. The van der Waals surface area contributed by atoms with Gasteiger partial charge in [-0.15, -0.1) is 0 Å². The summed E-state index contributed by atoms with van der Waals surface area (Å²) in [5.41, 5.74) is 6.94. The second-order valence-corrected chi connectivity index (χ2v) is 5.36. The molecule has 1 aromatic carbocycles. The topological polar surface area (TPSA) is 72.4 Å². The average molecular weight is 263 g/mol. The first kappa shape index (κ1) is 14.0. The maximum atomic E-state index is 11.0. The molecule has 2 rings (SSSR count). The normalized spacial score (nSPS) is 19.3. The number of para-hydroxylation sites is 1. The van der Waals surface area contributed by atoms with Crippen molar-refractivity contribution in [2.45, 2.75) is 32.4 Å². The molecule has 0 aromatic heterocycles. The molecule has 19 heavy (non-hydrogen) atoms. The van der Waals surface area contributed by atoms with Crippen LogP contribution in [0, 0.1) is 16.0 Å². The number of benzene rings is 1. The molecule has 0 saturated carbocycles. The molecule has 0 aliphatic carbocycles. The van der Waals surface area contributed by atoms with Gasteiger partial charge in [-0.1, -0.05) is 18.2 Å². The van der Waals surface area contributed by atoms with E-state index in [9.17, 15) is 10.1 Å². The van der Waals surface area contributed by atoms with Crippen LogP contribution < -0.4 is 5.73 Å². The summed E-state index contributed by atoms with van der Waals surface area (Å²) >= 11 is 0. The average Bonchev–Trinajstić information content (AvgIpc) is 2.39. The van der Waals surface area contributed by atoms with Crippen molar-refractivity contribution in [2.75, 3.05) is 13.1 Å². The van der Waals surface area contributed by atoms with Crippen molar-refractivity contribution < 1.29 is 4.92 Å². The fourth-order valence-corrected chi connectivity index (χ4v) is 2.70. The molecular weight excluding hydrogens is 242 g/mol. The Labute approximate surface area is 113 Å². The Balaban J connectivity index is 1.98. The van der Waals surface area contributed by atoms with Crippen molar-refractivity contribution in [2.24, 2.45) is 11.7 Å². The van der Waals surface area contributed by atoms with Crippen LogP contribution in [0.15, 0.2) is 24.3 Å². The van der Waals surface area contributed by atoms with E-state index in [0.29, 0.717) is 12.5 Å². The van der Waals surface area contributed by atoms with E-state index in [-0.39, 0.29) is 16.7 Å². The Morgan fingerprint density at radius 1 is 1.42 bits per heavy atom. The molecule has 5 nitrogen and oxygen atoms in total. The third-order valence-corrected chi connectivity index (χ3v) is 3.96. The van der Waals surface area contributed by atoms with E-state index in [2.05, 4.69) is 11.8 Å². The first-order chi connectivity index (χ1) is 9.08. The van der Waals surface area contributed by atoms with Crippen LogP contribution in [0.25, 0.3) is 0 Å². The zero-order valence-corrected chi connectivity index (χ0v) is 11.3. The van der Waals surface area contributed by atoms with E-state index in [0.717, 1.165) is 31.5 Å². The first-order valence-electron chi connectivity index (χ1n) is 6.78. The Kier molecular flexibility index (Phi) is 4.50. The van der Waals surface area contributed by atoms with E-state index >= 15 is 0 Å². The Morgan fingerprint density at radius 2 is 2.05 bits per heavy atom. The SMILES string of the molecule is CC(N)C1CCN(Cc2ccccc2[N+](=O)[O-])CC1. The molecule has 2 N–H and O–H groups in total. The van der Waals surface area contributed by atoms with Crippen molar-refractivity contribution in [1.29, 1.82) is 0 Å². The van der Waals surface area contributed by atoms with Gasteiger partial charge < -0.3 is 5.73 Å². The van der Waals surface area contributed by atoms with Crippen LogP contribution in [0.2, 0.25) is 0 Å². The maximum Gasteiger partial charge on any atom is 0.273 e. The number of hydrogen-bond acceptors (Lipinski definition) is 4. The molecule has 1 heterocycles. The standard InChI is InChI=1S/C14H21N3O2/c1-11(15)12-6-8-16(9-7-12)10-13-4-2-3-5-14(13)17(18)19/h2-5,11-12H,6-10,15H2,1H3. The maximum absolute atomic E-state index is 11.0. The zero-order chi connectivity index (χ0) is 13.8. The van der Waals surface area contributed by atoms with Crippen molar-refractivity contribution in [3.63, 3.8) is 0 Å². The number of nitrogens with zero attached hydrogens (tertiary/aromatic N) is 2. The molecule has 1 fully saturated rings. The second kappa shape index (κ2) is 6.12. The molecule has 1 atom stereocenters. The lowest BCUT2D eigenvalue weighted by Gasteiger charge is -2.33. The zero-order valence-electron chi connectivity index (χ0n) is 11.3. The predicted octanol–water partition coefficient (Wildman–Crippen LogP) is 2.15. The molecule has 1 aliphatic heterocycles. The van der Waals surface area contributed by atoms with Gasteiger partial charge in [0.05, 0.1) is 4.92 Å². The third kappa shape index (κ3) is 3.52. The molecule has 1 saturated heterocycles. The number of hydrogen-bond donors (Lipinski definition) is 1.